The SMILES string of the molecule is CCCC=[N+](c1cc(NCCO)cc(N(CCCC)C2CC(C)(C)N(OC3CCCCC3)C(C)(C)C2)c1)C1CC(C)(C)N(OC2CCCCC2)C(C)(CC)C1. The topological polar surface area (TPSA) is 63.5 Å². The van der Waals surface area contributed by atoms with Gasteiger partial charge in [0.05, 0.1) is 24.4 Å². The third kappa shape index (κ3) is 11.1. The van der Waals surface area contributed by atoms with Crippen molar-refractivity contribution in [1.82, 2.24) is 10.1 Å². The van der Waals surface area contributed by atoms with E-state index in [1.807, 2.05) is 0 Å². The van der Waals surface area contributed by atoms with Gasteiger partial charge in [-0.05, 0) is 112 Å². The summed E-state index contributed by atoms with van der Waals surface area (Å²) >= 11 is 0. The smallest absolute Gasteiger partial charge is 0.209 e. The van der Waals surface area contributed by atoms with Crippen LogP contribution in [0.3, 0.4) is 0 Å². The van der Waals surface area contributed by atoms with Crippen LogP contribution >= 0.6 is 0 Å². The van der Waals surface area contributed by atoms with Crippen LogP contribution in [-0.2, 0) is 9.68 Å². The molecule has 2 heterocycles. The maximum absolute atomic E-state index is 9.94. The average molecular weight is 767 g/mol. The van der Waals surface area contributed by atoms with E-state index in [1.165, 1.54) is 75.6 Å². The molecule has 8 nitrogen and oxygen atoms in total. The highest BCUT2D eigenvalue weighted by Gasteiger charge is 2.53. The lowest BCUT2D eigenvalue weighted by Gasteiger charge is -2.57. The maximum atomic E-state index is 9.94. The number of benzene rings is 1. The summed E-state index contributed by atoms with van der Waals surface area (Å²) in [6.07, 6.45) is 25.4. The van der Waals surface area contributed by atoms with Crippen molar-refractivity contribution >= 4 is 23.3 Å². The van der Waals surface area contributed by atoms with Gasteiger partial charge in [0.15, 0.2) is 6.04 Å². The number of hydroxylamine groups is 4. The second-order valence-electron chi connectivity index (χ2n) is 20.0. The maximum Gasteiger partial charge on any atom is 0.209 e. The van der Waals surface area contributed by atoms with Crippen molar-refractivity contribution in [3.8, 4) is 0 Å². The van der Waals surface area contributed by atoms with Gasteiger partial charge < -0.3 is 15.3 Å². The molecule has 2 N–H and O–H groups in total. The van der Waals surface area contributed by atoms with E-state index in [-0.39, 0.29) is 28.8 Å². The van der Waals surface area contributed by atoms with E-state index in [0.717, 1.165) is 70.0 Å². The van der Waals surface area contributed by atoms with Crippen molar-refractivity contribution in [1.29, 1.82) is 0 Å². The molecule has 314 valence electrons. The normalized spacial score (nSPS) is 27.3. The second-order valence-corrected chi connectivity index (χ2v) is 20.0. The number of hydrogen-bond acceptors (Lipinski definition) is 7. The minimum atomic E-state index is -0.114. The van der Waals surface area contributed by atoms with E-state index in [1.54, 1.807) is 0 Å². The number of rotatable bonds is 17. The Morgan fingerprint density at radius 1 is 0.764 bits per heavy atom. The summed E-state index contributed by atoms with van der Waals surface area (Å²) in [5.74, 6) is 0. The van der Waals surface area contributed by atoms with Gasteiger partial charge >= 0.3 is 0 Å². The van der Waals surface area contributed by atoms with Crippen LogP contribution in [0.2, 0.25) is 0 Å². The Hall–Kier alpha value is -1.71. The molecule has 0 amide bonds. The van der Waals surface area contributed by atoms with Gasteiger partial charge in [-0.15, -0.1) is 0 Å². The first-order chi connectivity index (χ1) is 26.2. The first-order valence-corrected chi connectivity index (χ1v) is 23.0. The number of unbranched alkanes of at least 4 members (excludes halogenated alkanes) is 2. The van der Waals surface area contributed by atoms with Crippen LogP contribution in [-0.4, -0.2) is 92.2 Å². The molecule has 1 aromatic carbocycles. The van der Waals surface area contributed by atoms with Gasteiger partial charge in [0.25, 0.3) is 0 Å². The lowest BCUT2D eigenvalue weighted by atomic mass is 9.76. The van der Waals surface area contributed by atoms with Crippen molar-refractivity contribution in [2.75, 3.05) is 29.9 Å². The number of nitrogens with one attached hydrogen (secondary N) is 1. The summed E-state index contributed by atoms with van der Waals surface area (Å²) in [5.41, 5.74) is 3.24. The molecule has 0 bridgehead atoms. The predicted molar refractivity (Wildman–Crippen MR) is 232 cm³/mol. The summed E-state index contributed by atoms with van der Waals surface area (Å²) < 4.78 is 2.65. The Morgan fingerprint density at radius 2 is 1.35 bits per heavy atom. The molecule has 2 aliphatic heterocycles. The number of nitrogens with zero attached hydrogens (tertiary/aromatic N) is 4. The number of anilines is 2. The summed E-state index contributed by atoms with van der Waals surface area (Å²) in [6.45, 7) is 25.5. The summed E-state index contributed by atoms with van der Waals surface area (Å²) in [7, 11) is 0. The number of aliphatic hydroxyl groups excluding tert-OH is 1. The molecule has 0 aromatic heterocycles. The molecule has 2 saturated carbocycles. The highest BCUT2D eigenvalue weighted by atomic mass is 16.7. The Morgan fingerprint density at radius 3 is 1.89 bits per heavy atom. The number of piperidine rings is 2. The van der Waals surface area contributed by atoms with Gasteiger partial charge in [-0.1, -0.05) is 65.7 Å². The van der Waals surface area contributed by atoms with Crippen molar-refractivity contribution in [2.45, 2.75) is 238 Å². The van der Waals surface area contributed by atoms with Crippen molar-refractivity contribution in [3.63, 3.8) is 0 Å². The second kappa shape index (κ2) is 19.4. The van der Waals surface area contributed by atoms with Crippen molar-refractivity contribution < 1.29 is 19.4 Å². The largest absolute Gasteiger partial charge is 0.395 e. The molecule has 2 unspecified atom stereocenters. The van der Waals surface area contributed by atoms with Crippen LogP contribution in [0.4, 0.5) is 17.1 Å². The number of hydrogen-bond donors (Lipinski definition) is 2. The quantitative estimate of drug-likeness (QED) is 0.121. The fourth-order valence-corrected chi connectivity index (χ4v) is 11.0. The van der Waals surface area contributed by atoms with Crippen LogP contribution in [0.1, 0.15) is 191 Å². The minimum absolute atomic E-state index is 0.0737. The van der Waals surface area contributed by atoms with Gasteiger partial charge in [0.2, 0.25) is 5.69 Å². The van der Waals surface area contributed by atoms with Crippen LogP contribution in [0.5, 0.6) is 0 Å². The van der Waals surface area contributed by atoms with Crippen molar-refractivity contribution in [2.24, 2.45) is 0 Å². The predicted octanol–water partition coefficient (Wildman–Crippen LogP) is 11.2. The molecule has 4 fully saturated rings. The standard InChI is InChI=1S/C47H84N5O3/c1-11-14-27-49(40-33-44(4,5)51(45(6,7)34-40)54-42-22-18-16-19-23-42)38-30-37(48-26-29-53)31-39(32-38)50(28-15-12-2)41-35-46(8,9)52(47(10,13-3)36-41)55-43-24-20-17-21-25-43/h28,30-32,40-43,48,53H,11-27,29,33-36H2,1-10H3/q+1. The monoisotopic (exact) mass is 767 g/mol. The molecular formula is C47H84N5O3+. The van der Waals surface area contributed by atoms with E-state index in [2.05, 4.69) is 119 Å². The molecule has 2 aliphatic carbocycles. The van der Waals surface area contributed by atoms with Gasteiger partial charge in [-0.2, -0.15) is 14.7 Å². The molecule has 4 aliphatic rings. The van der Waals surface area contributed by atoms with E-state index < -0.39 is 0 Å². The first kappa shape index (κ1) is 44.4. The Labute approximate surface area is 337 Å². The van der Waals surface area contributed by atoms with E-state index >= 15 is 0 Å². The Bertz CT molecular complexity index is 1350. The van der Waals surface area contributed by atoms with Gasteiger partial charge in [-0.3, -0.25) is 9.68 Å². The molecule has 2 atom stereocenters. The summed E-state index contributed by atoms with van der Waals surface area (Å²) in [6, 6.07) is 7.91. The number of aliphatic hydroxyl groups is 1. The fraction of sp³-hybridized carbons (Fsp3) is 0.851. The lowest BCUT2D eigenvalue weighted by molar-refractivity contribution is -0.504. The van der Waals surface area contributed by atoms with Gasteiger partial charge in [0, 0.05) is 78.5 Å². The molecule has 2 saturated heterocycles. The third-order valence-electron chi connectivity index (χ3n) is 13.6. The molecule has 5 rings (SSSR count). The van der Waals surface area contributed by atoms with E-state index in [9.17, 15) is 5.11 Å². The zero-order valence-electron chi connectivity index (χ0n) is 37.2. The fourth-order valence-electron chi connectivity index (χ4n) is 11.0. The molecular weight excluding hydrogens is 683 g/mol. The first-order valence-electron chi connectivity index (χ1n) is 23.0. The molecule has 1 aromatic rings. The van der Waals surface area contributed by atoms with Crippen LogP contribution in [0, 0.1) is 0 Å². The Kier molecular flexibility index (Phi) is 15.6. The molecule has 0 radical (unpaired) electrons. The van der Waals surface area contributed by atoms with E-state index in [0.29, 0.717) is 30.8 Å². The van der Waals surface area contributed by atoms with Crippen LogP contribution in [0.15, 0.2) is 18.2 Å². The van der Waals surface area contributed by atoms with Crippen molar-refractivity contribution in [3.05, 3.63) is 18.2 Å². The van der Waals surface area contributed by atoms with E-state index in [4.69, 9.17) is 9.68 Å². The molecule has 55 heavy (non-hydrogen) atoms. The summed E-state index contributed by atoms with van der Waals surface area (Å²) in [4.78, 5) is 16.7. The zero-order chi connectivity index (χ0) is 39.9. The highest BCUT2D eigenvalue weighted by Crippen LogP contribution is 2.46. The van der Waals surface area contributed by atoms with Gasteiger partial charge in [-0.25, -0.2) is 0 Å². The lowest BCUT2D eigenvalue weighted by Crippen LogP contribution is -2.65. The molecule has 8 heteroatoms. The minimum Gasteiger partial charge on any atom is -0.395 e. The van der Waals surface area contributed by atoms with Crippen LogP contribution < -0.4 is 10.2 Å². The zero-order valence-corrected chi connectivity index (χ0v) is 37.2. The highest BCUT2D eigenvalue weighted by molar-refractivity contribution is 5.66. The van der Waals surface area contributed by atoms with Crippen LogP contribution in [0.25, 0.3) is 0 Å². The average Bonchev–Trinajstić information content (AvgIpc) is 3.14. The molecule has 0 spiro atoms. The van der Waals surface area contributed by atoms with Gasteiger partial charge in [0.1, 0.15) is 6.21 Å². The third-order valence-corrected chi connectivity index (χ3v) is 13.6. The Balaban J connectivity index is 1.51. The summed E-state index contributed by atoms with van der Waals surface area (Å²) in [5, 5.41) is 18.4.